The Morgan fingerprint density at radius 2 is 1.88 bits per heavy atom. The van der Waals surface area contributed by atoms with E-state index in [1.54, 1.807) is 13.8 Å². The minimum absolute atomic E-state index is 0.0532. The van der Waals surface area contributed by atoms with E-state index in [4.69, 9.17) is 4.74 Å². The van der Waals surface area contributed by atoms with Crippen molar-refractivity contribution in [3.63, 3.8) is 0 Å². The number of hydrogen-bond acceptors (Lipinski definition) is 3. The second-order valence-electron chi connectivity index (χ2n) is 6.45. The number of methoxy groups -OCH3 is 1. The predicted molar refractivity (Wildman–Crippen MR) is 91.3 cm³/mol. The number of carbonyl (C=O) groups excluding carboxylic acids is 2. The second kappa shape index (κ2) is 6.15. The van der Waals surface area contributed by atoms with Crippen LogP contribution in [0.25, 0.3) is 0 Å². The Morgan fingerprint density at radius 1 is 1.21 bits per heavy atom. The van der Waals surface area contributed by atoms with Gasteiger partial charge in [0, 0.05) is 17.7 Å². The highest BCUT2D eigenvalue weighted by atomic mass is 16.5. The number of rotatable bonds is 5. The van der Waals surface area contributed by atoms with Crippen LogP contribution in [0.3, 0.4) is 0 Å². The normalized spacial score (nSPS) is 15.0. The van der Waals surface area contributed by atoms with Gasteiger partial charge in [-0.05, 0) is 37.8 Å². The molecule has 126 valence electrons. The van der Waals surface area contributed by atoms with Gasteiger partial charge in [0.1, 0.15) is 5.69 Å². The van der Waals surface area contributed by atoms with Crippen molar-refractivity contribution in [2.24, 2.45) is 0 Å². The summed E-state index contributed by atoms with van der Waals surface area (Å²) in [4.78, 5) is 27.4. The number of nitrogens with one attached hydrogen (secondary N) is 2. The maximum atomic E-state index is 12.6. The number of hydrogen-bond donors (Lipinski definition) is 2. The maximum Gasteiger partial charge on any atom is 0.339 e. The quantitative estimate of drug-likeness (QED) is 0.830. The molecule has 24 heavy (non-hydrogen) atoms. The van der Waals surface area contributed by atoms with Crippen molar-refractivity contribution in [2.75, 3.05) is 13.7 Å². The molecule has 1 aliphatic carbocycles. The molecule has 5 heteroatoms. The first-order valence-corrected chi connectivity index (χ1v) is 8.10. The lowest BCUT2D eigenvalue weighted by atomic mass is 9.96. The molecule has 2 N–H and O–H groups in total. The Morgan fingerprint density at radius 3 is 2.46 bits per heavy atom. The van der Waals surface area contributed by atoms with Crippen LogP contribution in [-0.2, 0) is 10.2 Å². The van der Waals surface area contributed by atoms with Gasteiger partial charge >= 0.3 is 5.97 Å². The second-order valence-corrected chi connectivity index (χ2v) is 6.45. The number of aromatic amines is 1. The zero-order valence-electron chi connectivity index (χ0n) is 14.2. The highest BCUT2D eigenvalue weighted by molar-refractivity contribution is 6.00. The molecule has 3 rings (SSSR count). The number of esters is 1. The van der Waals surface area contributed by atoms with Gasteiger partial charge in [-0.15, -0.1) is 0 Å². The number of benzene rings is 1. The van der Waals surface area contributed by atoms with Crippen LogP contribution >= 0.6 is 0 Å². The SMILES string of the molecule is COC(=O)c1c(C)[nH]c(C(=O)NCC2(c3ccccc3)CC2)c1C. The molecule has 1 heterocycles. The largest absolute Gasteiger partial charge is 0.465 e. The average Bonchev–Trinajstić information content (AvgIpc) is 3.33. The van der Waals surface area contributed by atoms with E-state index in [0.717, 1.165) is 12.8 Å². The van der Waals surface area contributed by atoms with Crippen molar-refractivity contribution in [2.45, 2.75) is 32.1 Å². The molecule has 5 nitrogen and oxygen atoms in total. The Hall–Kier alpha value is -2.56. The number of H-pyrrole nitrogens is 1. The summed E-state index contributed by atoms with van der Waals surface area (Å²) < 4.78 is 4.78. The third-order valence-corrected chi connectivity index (χ3v) is 4.88. The Bertz CT molecular complexity index is 773. The average molecular weight is 326 g/mol. The summed E-state index contributed by atoms with van der Waals surface area (Å²) in [6.45, 7) is 4.12. The summed E-state index contributed by atoms with van der Waals surface area (Å²) in [6, 6.07) is 10.3. The monoisotopic (exact) mass is 326 g/mol. The van der Waals surface area contributed by atoms with Crippen molar-refractivity contribution in [3.8, 4) is 0 Å². The fourth-order valence-corrected chi connectivity index (χ4v) is 3.23. The third-order valence-electron chi connectivity index (χ3n) is 4.88. The molecule has 0 radical (unpaired) electrons. The molecule has 1 amide bonds. The zero-order chi connectivity index (χ0) is 17.3. The fourth-order valence-electron chi connectivity index (χ4n) is 3.23. The molecule has 0 saturated heterocycles. The van der Waals surface area contributed by atoms with Gasteiger partial charge in [-0.1, -0.05) is 30.3 Å². The molecular formula is C19H22N2O3. The fraction of sp³-hybridized carbons (Fsp3) is 0.368. The van der Waals surface area contributed by atoms with Crippen LogP contribution < -0.4 is 5.32 Å². The first-order valence-electron chi connectivity index (χ1n) is 8.10. The van der Waals surface area contributed by atoms with Crippen molar-refractivity contribution in [1.29, 1.82) is 0 Å². The van der Waals surface area contributed by atoms with Gasteiger partial charge in [-0.25, -0.2) is 4.79 Å². The minimum Gasteiger partial charge on any atom is -0.465 e. The summed E-state index contributed by atoms with van der Waals surface area (Å²) in [6.07, 6.45) is 2.15. The van der Waals surface area contributed by atoms with Crippen molar-refractivity contribution in [1.82, 2.24) is 10.3 Å². The van der Waals surface area contributed by atoms with E-state index in [2.05, 4.69) is 22.4 Å². The van der Waals surface area contributed by atoms with Crippen LogP contribution in [0, 0.1) is 13.8 Å². The predicted octanol–water partition coefficient (Wildman–Crippen LogP) is 2.88. The minimum atomic E-state index is -0.428. The van der Waals surface area contributed by atoms with Gasteiger partial charge in [0.15, 0.2) is 0 Å². The summed E-state index contributed by atoms with van der Waals surface area (Å²) in [5, 5.41) is 3.02. The lowest BCUT2D eigenvalue weighted by molar-refractivity contribution is 0.0599. The van der Waals surface area contributed by atoms with Gasteiger partial charge in [0.25, 0.3) is 5.91 Å². The Balaban J connectivity index is 1.74. The van der Waals surface area contributed by atoms with Gasteiger partial charge in [-0.2, -0.15) is 0 Å². The topological polar surface area (TPSA) is 71.2 Å². The lowest BCUT2D eigenvalue weighted by Crippen LogP contribution is -2.32. The molecular weight excluding hydrogens is 304 g/mol. The molecule has 0 atom stereocenters. The number of amides is 1. The van der Waals surface area contributed by atoms with Crippen LogP contribution in [0.5, 0.6) is 0 Å². The van der Waals surface area contributed by atoms with Crippen LogP contribution in [0.4, 0.5) is 0 Å². The highest BCUT2D eigenvalue weighted by Crippen LogP contribution is 2.47. The number of aromatic nitrogens is 1. The zero-order valence-corrected chi connectivity index (χ0v) is 14.2. The molecule has 0 spiro atoms. The van der Waals surface area contributed by atoms with E-state index in [9.17, 15) is 9.59 Å². The van der Waals surface area contributed by atoms with E-state index in [1.165, 1.54) is 12.7 Å². The van der Waals surface area contributed by atoms with E-state index in [0.29, 0.717) is 29.1 Å². The molecule has 0 aliphatic heterocycles. The van der Waals surface area contributed by atoms with Gasteiger partial charge in [0.2, 0.25) is 0 Å². The summed E-state index contributed by atoms with van der Waals surface area (Å²) in [7, 11) is 1.34. The van der Waals surface area contributed by atoms with Crippen molar-refractivity contribution < 1.29 is 14.3 Å². The lowest BCUT2D eigenvalue weighted by Gasteiger charge is -2.16. The standard InChI is InChI=1S/C19H22N2O3/c1-12-15(18(23)24-3)13(2)21-16(12)17(22)20-11-19(9-10-19)14-7-5-4-6-8-14/h4-8,21H,9-11H2,1-3H3,(H,20,22). The molecule has 0 unspecified atom stereocenters. The van der Waals surface area contributed by atoms with Gasteiger partial charge in [0.05, 0.1) is 12.7 Å². The summed E-state index contributed by atoms with van der Waals surface area (Å²) >= 11 is 0. The highest BCUT2D eigenvalue weighted by Gasteiger charge is 2.44. The van der Waals surface area contributed by atoms with Crippen LogP contribution in [0.1, 0.15) is 50.5 Å². The first-order chi connectivity index (χ1) is 11.5. The molecule has 1 aromatic carbocycles. The number of carbonyl (C=O) groups is 2. The van der Waals surface area contributed by atoms with E-state index in [1.807, 2.05) is 18.2 Å². The Kier molecular flexibility index (Phi) is 4.18. The third kappa shape index (κ3) is 2.82. The Labute approximate surface area is 141 Å². The van der Waals surface area contributed by atoms with Crippen LogP contribution in [0.15, 0.2) is 30.3 Å². The molecule has 0 bridgehead atoms. The maximum absolute atomic E-state index is 12.6. The smallest absolute Gasteiger partial charge is 0.339 e. The van der Waals surface area contributed by atoms with E-state index in [-0.39, 0.29) is 11.3 Å². The molecule has 1 fully saturated rings. The van der Waals surface area contributed by atoms with Gasteiger partial charge < -0.3 is 15.0 Å². The van der Waals surface area contributed by atoms with Gasteiger partial charge in [-0.3, -0.25) is 4.79 Å². The summed E-state index contributed by atoms with van der Waals surface area (Å²) in [5.41, 5.74) is 3.45. The van der Waals surface area contributed by atoms with Crippen LogP contribution in [0.2, 0.25) is 0 Å². The molecule has 1 aromatic heterocycles. The summed E-state index contributed by atoms with van der Waals surface area (Å²) in [5.74, 6) is -0.615. The van der Waals surface area contributed by atoms with Crippen LogP contribution in [-0.4, -0.2) is 30.5 Å². The number of ether oxygens (including phenoxy) is 1. The van der Waals surface area contributed by atoms with E-state index >= 15 is 0 Å². The number of aryl methyl sites for hydroxylation is 1. The first kappa shape index (κ1) is 16.3. The molecule has 1 saturated carbocycles. The molecule has 2 aromatic rings. The van der Waals surface area contributed by atoms with Crippen molar-refractivity contribution in [3.05, 3.63) is 58.4 Å². The van der Waals surface area contributed by atoms with E-state index < -0.39 is 5.97 Å². The van der Waals surface area contributed by atoms with Crippen molar-refractivity contribution >= 4 is 11.9 Å². The molecule has 1 aliphatic rings.